The Bertz CT molecular complexity index is 989. The second kappa shape index (κ2) is 8.30. The number of rotatable bonds is 5. The van der Waals surface area contributed by atoms with Gasteiger partial charge in [-0.25, -0.2) is 14.2 Å². The molecule has 6 nitrogen and oxygen atoms in total. The van der Waals surface area contributed by atoms with Crippen LogP contribution in [0.4, 0.5) is 20.7 Å². The maximum atomic E-state index is 13.1. The minimum atomic E-state index is -0.412. The minimum absolute atomic E-state index is 0.124. The molecule has 1 aromatic heterocycles. The lowest BCUT2D eigenvalue weighted by molar-refractivity contribution is 0.249. The SMILES string of the molecule is CC(NC(=O)Nc1cc(N)c(C(=N)c2ccc(F)cc2)cn1)c1ccccc1. The van der Waals surface area contributed by atoms with Gasteiger partial charge in [0.2, 0.25) is 0 Å². The number of carbonyl (C=O) groups excluding carboxylic acids is 1. The van der Waals surface area contributed by atoms with Gasteiger partial charge in [-0.05, 0) is 36.8 Å². The number of aromatic nitrogens is 1. The Morgan fingerprint density at radius 2 is 1.82 bits per heavy atom. The summed E-state index contributed by atoms with van der Waals surface area (Å²) in [7, 11) is 0. The summed E-state index contributed by atoms with van der Waals surface area (Å²) in [6.07, 6.45) is 1.41. The van der Waals surface area contributed by atoms with Crippen molar-refractivity contribution in [1.29, 1.82) is 5.41 Å². The zero-order valence-corrected chi connectivity index (χ0v) is 15.2. The highest BCUT2D eigenvalue weighted by Crippen LogP contribution is 2.19. The molecule has 0 aliphatic heterocycles. The zero-order valence-electron chi connectivity index (χ0n) is 15.2. The normalized spacial score (nSPS) is 11.5. The average molecular weight is 377 g/mol. The van der Waals surface area contributed by atoms with Crippen LogP contribution in [0.2, 0.25) is 0 Å². The topological polar surface area (TPSA) is 104 Å². The molecule has 0 saturated heterocycles. The van der Waals surface area contributed by atoms with E-state index in [2.05, 4.69) is 15.6 Å². The van der Waals surface area contributed by atoms with Gasteiger partial charge < -0.3 is 11.1 Å². The van der Waals surface area contributed by atoms with Crippen molar-refractivity contribution < 1.29 is 9.18 Å². The smallest absolute Gasteiger partial charge is 0.320 e. The first-order valence-electron chi connectivity index (χ1n) is 8.67. The van der Waals surface area contributed by atoms with Gasteiger partial charge in [0.05, 0.1) is 11.8 Å². The van der Waals surface area contributed by atoms with Crippen molar-refractivity contribution in [3.05, 3.63) is 89.4 Å². The molecule has 0 radical (unpaired) electrons. The standard InChI is InChI=1S/C21H20FN5O/c1-13(14-5-3-2-4-6-14)26-21(28)27-19-11-18(23)17(12-25-19)20(24)15-7-9-16(22)10-8-15/h2-13,24H,1H3,(H4,23,25,26,27,28). The number of nitrogens with one attached hydrogen (secondary N) is 3. The van der Waals surface area contributed by atoms with Crippen molar-refractivity contribution in [2.45, 2.75) is 13.0 Å². The van der Waals surface area contributed by atoms with E-state index in [-0.39, 0.29) is 29.1 Å². The number of nitrogens with two attached hydrogens (primary N) is 1. The van der Waals surface area contributed by atoms with Gasteiger partial charge in [-0.1, -0.05) is 30.3 Å². The number of nitrogen functional groups attached to an aromatic ring is 1. The number of nitrogens with zero attached hydrogens (tertiary/aromatic N) is 1. The van der Waals surface area contributed by atoms with Crippen molar-refractivity contribution >= 4 is 23.2 Å². The van der Waals surface area contributed by atoms with Gasteiger partial charge in [-0.15, -0.1) is 0 Å². The summed E-state index contributed by atoms with van der Waals surface area (Å²) in [6.45, 7) is 1.88. The molecule has 142 valence electrons. The maximum Gasteiger partial charge on any atom is 0.320 e. The van der Waals surface area contributed by atoms with E-state index in [1.807, 2.05) is 37.3 Å². The van der Waals surface area contributed by atoms with Crippen LogP contribution in [-0.2, 0) is 0 Å². The Balaban J connectivity index is 1.67. The molecule has 28 heavy (non-hydrogen) atoms. The molecule has 1 atom stereocenters. The molecule has 0 fully saturated rings. The molecule has 7 heteroatoms. The molecule has 1 heterocycles. The minimum Gasteiger partial charge on any atom is -0.398 e. The highest BCUT2D eigenvalue weighted by Gasteiger charge is 2.13. The second-order valence-electron chi connectivity index (χ2n) is 6.27. The number of carbonyl (C=O) groups is 1. The third kappa shape index (κ3) is 4.50. The van der Waals surface area contributed by atoms with Crippen LogP contribution in [0, 0.1) is 11.2 Å². The van der Waals surface area contributed by atoms with E-state index in [0.29, 0.717) is 11.1 Å². The predicted octanol–water partition coefficient (Wildman–Crippen LogP) is 4.10. The summed E-state index contributed by atoms with van der Waals surface area (Å²) in [5.74, 6) is -0.108. The molecule has 3 rings (SSSR count). The van der Waals surface area contributed by atoms with Crippen LogP contribution in [0.15, 0.2) is 66.9 Å². The monoisotopic (exact) mass is 377 g/mol. The maximum absolute atomic E-state index is 13.1. The fraction of sp³-hybridized carbons (Fsp3) is 0.0952. The Labute approximate surface area is 162 Å². The van der Waals surface area contributed by atoms with Crippen LogP contribution < -0.4 is 16.4 Å². The number of hydrogen-bond acceptors (Lipinski definition) is 4. The van der Waals surface area contributed by atoms with Crippen LogP contribution in [0.3, 0.4) is 0 Å². The number of urea groups is 1. The molecular formula is C21H20FN5O. The molecule has 0 aliphatic rings. The van der Waals surface area contributed by atoms with E-state index in [4.69, 9.17) is 11.1 Å². The summed E-state index contributed by atoms with van der Waals surface area (Å²) in [5, 5.41) is 13.7. The first-order chi connectivity index (χ1) is 13.4. The number of hydrogen-bond donors (Lipinski definition) is 4. The van der Waals surface area contributed by atoms with Gasteiger partial charge >= 0.3 is 6.03 Å². The van der Waals surface area contributed by atoms with Crippen molar-refractivity contribution in [2.75, 3.05) is 11.1 Å². The second-order valence-corrected chi connectivity index (χ2v) is 6.27. The summed E-state index contributed by atoms with van der Waals surface area (Å²) < 4.78 is 13.1. The number of benzene rings is 2. The molecule has 2 aromatic carbocycles. The van der Waals surface area contributed by atoms with Crippen molar-refractivity contribution in [2.24, 2.45) is 0 Å². The Morgan fingerprint density at radius 3 is 2.46 bits per heavy atom. The molecule has 5 N–H and O–H groups in total. The molecule has 0 bridgehead atoms. The van der Waals surface area contributed by atoms with Crippen LogP contribution in [0.25, 0.3) is 0 Å². The average Bonchev–Trinajstić information content (AvgIpc) is 2.69. The third-order valence-corrected chi connectivity index (χ3v) is 4.23. The molecule has 1 unspecified atom stereocenters. The predicted molar refractivity (Wildman–Crippen MR) is 108 cm³/mol. The number of halogens is 1. The van der Waals surface area contributed by atoms with E-state index < -0.39 is 6.03 Å². The number of amides is 2. The summed E-state index contributed by atoms with van der Waals surface area (Å²) in [5.41, 5.74) is 8.34. The van der Waals surface area contributed by atoms with Crippen molar-refractivity contribution in [1.82, 2.24) is 10.3 Å². The molecule has 3 aromatic rings. The van der Waals surface area contributed by atoms with Gasteiger partial charge in [0.15, 0.2) is 0 Å². The van der Waals surface area contributed by atoms with E-state index in [1.165, 1.54) is 36.5 Å². The van der Waals surface area contributed by atoms with Gasteiger partial charge in [-0.3, -0.25) is 10.7 Å². The number of anilines is 2. The highest BCUT2D eigenvalue weighted by atomic mass is 19.1. The van der Waals surface area contributed by atoms with Gasteiger partial charge in [-0.2, -0.15) is 0 Å². The molecular weight excluding hydrogens is 357 g/mol. The largest absolute Gasteiger partial charge is 0.398 e. The Hall–Kier alpha value is -3.74. The van der Waals surface area contributed by atoms with Crippen LogP contribution >= 0.6 is 0 Å². The van der Waals surface area contributed by atoms with Gasteiger partial charge in [0.1, 0.15) is 11.6 Å². The van der Waals surface area contributed by atoms with Gasteiger partial charge in [0, 0.05) is 29.1 Å². The van der Waals surface area contributed by atoms with Crippen LogP contribution in [-0.4, -0.2) is 16.7 Å². The lowest BCUT2D eigenvalue weighted by Crippen LogP contribution is -2.31. The first kappa shape index (κ1) is 19.0. The van der Waals surface area contributed by atoms with E-state index in [9.17, 15) is 9.18 Å². The van der Waals surface area contributed by atoms with E-state index in [1.54, 1.807) is 0 Å². The first-order valence-corrected chi connectivity index (χ1v) is 8.67. The third-order valence-electron chi connectivity index (χ3n) is 4.23. The van der Waals surface area contributed by atoms with Crippen molar-refractivity contribution in [3.63, 3.8) is 0 Å². The van der Waals surface area contributed by atoms with Gasteiger partial charge in [0.25, 0.3) is 0 Å². The Morgan fingerprint density at radius 1 is 1.14 bits per heavy atom. The van der Waals surface area contributed by atoms with Crippen LogP contribution in [0.1, 0.15) is 29.7 Å². The fourth-order valence-electron chi connectivity index (χ4n) is 2.69. The number of pyridine rings is 1. The lowest BCUT2D eigenvalue weighted by Gasteiger charge is -2.15. The quantitative estimate of drug-likeness (QED) is 0.503. The zero-order chi connectivity index (χ0) is 20.1. The molecule has 0 spiro atoms. The highest BCUT2D eigenvalue weighted by molar-refractivity contribution is 6.13. The lowest BCUT2D eigenvalue weighted by atomic mass is 10.0. The fourth-order valence-corrected chi connectivity index (χ4v) is 2.69. The van der Waals surface area contributed by atoms with E-state index in [0.717, 1.165) is 5.56 Å². The molecule has 2 amide bonds. The van der Waals surface area contributed by atoms with Crippen LogP contribution in [0.5, 0.6) is 0 Å². The summed E-state index contributed by atoms with van der Waals surface area (Å²) in [6, 6.07) is 16.0. The molecule has 0 aliphatic carbocycles. The van der Waals surface area contributed by atoms with E-state index >= 15 is 0 Å². The Kier molecular flexibility index (Phi) is 5.64. The summed E-state index contributed by atoms with van der Waals surface area (Å²) >= 11 is 0. The van der Waals surface area contributed by atoms with Crippen molar-refractivity contribution in [3.8, 4) is 0 Å². The molecule has 0 saturated carbocycles. The summed E-state index contributed by atoms with van der Waals surface area (Å²) in [4.78, 5) is 16.4.